The Kier molecular flexibility index (Phi) is 3.76. The topological polar surface area (TPSA) is 15.3 Å². The minimum Gasteiger partial charge on any atom is -0.366 e. The van der Waals surface area contributed by atoms with Crippen LogP contribution >= 0.6 is 0 Å². The van der Waals surface area contributed by atoms with Crippen LogP contribution < -0.4 is 10.2 Å². The van der Waals surface area contributed by atoms with Crippen LogP contribution in [0.15, 0.2) is 24.3 Å². The standard InChI is InChI=1S/C18H28N2/c1-18(2,3)14-8-10-15(11-9-14)20-13-12-19-16-6-4-5-7-17(16)20/h8-11,16-17,19H,4-7,12-13H2,1-3H3/t16-,17+/m1/s1. The molecular weight excluding hydrogens is 244 g/mol. The predicted molar refractivity (Wildman–Crippen MR) is 86.5 cm³/mol. The molecule has 110 valence electrons. The van der Waals surface area contributed by atoms with Crippen LogP contribution in [-0.2, 0) is 5.41 Å². The fourth-order valence-corrected chi connectivity index (χ4v) is 3.73. The van der Waals surface area contributed by atoms with Gasteiger partial charge in [0.15, 0.2) is 0 Å². The highest BCUT2D eigenvalue weighted by Gasteiger charge is 2.33. The maximum absolute atomic E-state index is 3.71. The van der Waals surface area contributed by atoms with E-state index in [9.17, 15) is 0 Å². The summed E-state index contributed by atoms with van der Waals surface area (Å²) >= 11 is 0. The van der Waals surface area contributed by atoms with Crippen LogP contribution in [0.5, 0.6) is 0 Å². The molecule has 2 aliphatic rings. The maximum Gasteiger partial charge on any atom is 0.0443 e. The lowest BCUT2D eigenvalue weighted by atomic mass is 9.85. The molecule has 1 N–H and O–H groups in total. The molecule has 0 spiro atoms. The zero-order valence-electron chi connectivity index (χ0n) is 13.2. The molecule has 1 aliphatic heterocycles. The zero-order chi connectivity index (χ0) is 14.2. The van der Waals surface area contributed by atoms with Crippen LogP contribution in [-0.4, -0.2) is 25.2 Å². The Labute approximate surface area is 123 Å². The largest absolute Gasteiger partial charge is 0.366 e. The number of rotatable bonds is 1. The molecule has 2 atom stereocenters. The highest BCUT2D eigenvalue weighted by molar-refractivity contribution is 5.50. The van der Waals surface area contributed by atoms with Crippen molar-refractivity contribution in [3.8, 4) is 0 Å². The van der Waals surface area contributed by atoms with E-state index in [1.807, 2.05) is 0 Å². The Balaban J connectivity index is 1.80. The second kappa shape index (κ2) is 5.40. The van der Waals surface area contributed by atoms with E-state index in [-0.39, 0.29) is 5.41 Å². The number of nitrogens with one attached hydrogen (secondary N) is 1. The van der Waals surface area contributed by atoms with Crippen molar-refractivity contribution < 1.29 is 0 Å². The number of fused-ring (bicyclic) bond motifs is 1. The molecule has 0 radical (unpaired) electrons. The number of anilines is 1. The first-order valence-corrected chi connectivity index (χ1v) is 8.16. The van der Waals surface area contributed by atoms with Gasteiger partial charge in [-0.25, -0.2) is 0 Å². The Hall–Kier alpha value is -1.02. The van der Waals surface area contributed by atoms with Crippen molar-refractivity contribution in [2.45, 2.75) is 64.0 Å². The van der Waals surface area contributed by atoms with Gasteiger partial charge in [-0.05, 0) is 36.0 Å². The summed E-state index contributed by atoms with van der Waals surface area (Å²) in [4.78, 5) is 2.65. The molecule has 0 amide bonds. The van der Waals surface area contributed by atoms with Crippen LogP contribution in [0, 0.1) is 0 Å². The van der Waals surface area contributed by atoms with Gasteiger partial charge in [-0.1, -0.05) is 45.7 Å². The number of nitrogens with zero attached hydrogens (tertiary/aromatic N) is 1. The molecule has 1 saturated carbocycles. The molecule has 2 fully saturated rings. The van der Waals surface area contributed by atoms with Gasteiger partial charge < -0.3 is 10.2 Å². The van der Waals surface area contributed by atoms with E-state index >= 15 is 0 Å². The van der Waals surface area contributed by atoms with Crippen LogP contribution in [0.2, 0.25) is 0 Å². The van der Waals surface area contributed by atoms with E-state index in [4.69, 9.17) is 0 Å². The van der Waals surface area contributed by atoms with Crippen molar-refractivity contribution in [3.63, 3.8) is 0 Å². The second-order valence-electron chi connectivity index (χ2n) is 7.40. The number of hydrogen-bond donors (Lipinski definition) is 1. The van der Waals surface area contributed by atoms with E-state index in [2.05, 4.69) is 55.3 Å². The average molecular weight is 272 g/mol. The highest BCUT2D eigenvalue weighted by Crippen LogP contribution is 2.31. The first-order chi connectivity index (χ1) is 9.55. The van der Waals surface area contributed by atoms with Gasteiger partial charge in [-0.3, -0.25) is 0 Å². The third-order valence-electron chi connectivity index (χ3n) is 4.95. The summed E-state index contributed by atoms with van der Waals surface area (Å²) < 4.78 is 0. The summed E-state index contributed by atoms with van der Waals surface area (Å²) in [5.74, 6) is 0. The lowest BCUT2D eigenvalue weighted by molar-refractivity contribution is 0.284. The Morgan fingerprint density at radius 3 is 2.45 bits per heavy atom. The normalized spacial score (nSPS) is 27.2. The van der Waals surface area contributed by atoms with Crippen LogP contribution in [0.3, 0.4) is 0 Å². The van der Waals surface area contributed by atoms with Gasteiger partial charge in [-0.15, -0.1) is 0 Å². The molecule has 1 aliphatic carbocycles. The van der Waals surface area contributed by atoms with E-state index < -0.39 is 0 Å². The smallest absolute Gasteiger partial charge is 0.0443 e. The molecule has 1 saturated heterocycles. The SMILES string of the molecule is CC(C)(C)c1ccc(N2CCN[C@@H]3CCCC[C@@H]32)cc1. The first-order valence-electron chi connectivity index (χ1n) is 8.16. The van der Waals surface area contributed by atoms with Crippen LogP contribution in [0.4, 0.5) is 5.69 Å². The van der Waals surface area contributed by atoms with Crippen molar-refractivity contribution in [2.24, 2.45) is 0 Å². The average Bonchev–Trinajstić information content (AvgIpc) is 2.46. The van der Waals surface area contributed by atoms with Gasteiger partial charge >= 0.3 is 0 Å². The van der Waals surface area contributed by atoms with E-state index in [0.717, 1.165) is 13.1 Å². The molecule has 2 nitrogen and oxygen atoms in total. The Morgan fingerprint density at radius 2 is 1.75 bits per heavy atom. The third-order valence-corrected chi connectivity index (χ3v) is 4.95. The van der Waals surface area contributed by atoms with Gasteiger partial charge in [0.05, 0.1) is 0 Å². The van der Waals surface area contributed by atoms with Crippen molar-refractivity contribution in [1.82, 2.24) is 5.32 Å². The van der Waals surface area contributed by atoms with Gasteiger partial charge in [0.1, 0.15) is 0 Å². The lowest BCUT2D eigenvalue weighted by Gasteiger charge is -2.46. The monoisotopic (exact) mass is 272 g/mol. The second-order valence-corrected chi connectivity index (χ2v) is 7.40. The van der Waals surface area contributed by atoms with Gasteiger partial charge in [0.2, 0.25) is 0 Å². The van der Waals surface area contributed by atoms with Crippen molar-refractivity contribution in [2.75, 3.05) is 18.0 Å². The predicted octanol–water partition coefficient (Wildman–Crippen LogP) is 3.70. The molecule has 1 aromatic rings. The molecule has 3 rings (SSSR count). The van der Waals surface area contributed by atoms with Crippen molar-refractivity contribution in [1.29, 1.82) is 0 Å². The molecule has 1 aromatic carbocycles. The Morgan fingerprint density at radius 1 is 1.05 bits per heavy atom. The highest BCUT2D eigenvalue weighted by atomic mass is 15.2. The summed E-state index contributed by atoms with van der Waals surface area (Å²) in [5, 5.41) is 3.71. The molecule has 0 bridgehead atoms. The zero-order valence-corrected chi connectivity index (χ0v) is 13.2. The van der Waals surface area contributed by atoms with Gasteiger partial charge in [0.25, 0.3) is 0 Å². The minimum absolute atomic E-state index is 0.245. The molecule has 2 heteroatoms. The number of benzene rings is 1. The van der Waals surface area contributed by atoms with Gasteiger partial charge in [0, 0.05) is 30.9 Å². The van der Waals surface area contributed by atoms with Crippen LogP contribution in [0.1, 0.15) is 52.0 Å². The quantitative estimate of drug-likeness (QED) is 0.838. The maximum atomic E-state index is 3.71. The summed E-state index contributed by atoms with van der Waals surface area (Å²) in [7, 11) is 0. The summed E-state index contributed by atoms with van der Waals surface area (Å²) in [6.07, 6.45) is 5.48. The first kappa shape index (κ1) is 13.9. The van der Waals surface area contributed by atoms with Crippen LogP contribution in [0.25, 0.3) is 0 Å². The summed E-state index contributed by atoms with van der Waals surface area (Å²) in [5.41, 5.74) is 3.09. The van der Waals surface area contributed by atoms with E-state index in [1.54, 1.807) is 0 Å². The van der Waals surface area contributed by atoms with E-state index in [0.29, 0.717) is 12.1 Å². The fourth-order valence-electron chi connectivity index (χ4n) is 3.73. The Bertz CT molecular complexity index is 441. The fraction of sp³-hybridized carbons (Fsp3) is 0.667. The number of piperazine rings is 1. The molecular formula is C18H28N2. The van der Waals surface area contributed by atoms with Crippen molar-refractivity contribution in [3.05, 3.63) is 29.8 Å². The van der Waals surface area contributed by atoms with E-state index in [1.165, 1.54) is 36.9 Å². The molecule has 0 unspecified atom stereocenters. The summed E-state index contributed by atoms with van der Waals surface area (Å²) in [6.45, 7) is 9.12. The minimum atomic E-state index is 0.245. The summed E-state index contributed by atoms with van der Waals surface area (Å²) in [6, 6.07) is 10.7. The lowest BCUT2D eigenvalue weighted by Crippen LogP contribution is -2.59. The van der Waals surface area contributed by atoms with Crippen molar-refractivity contribution >= 4 is 5.69 Å². The van der Waals surface area contributed by atoms with Gasteiger partial charge in [-0.2, -0.15) is 0 Å². The molecule has 1 heterocycles. The number of hydrogen-bond acceptors (Lipinski definition) is 2. The molecule has 20 heavy (non-hydrogen) atoms. The third kappa shape index (κ3) is 2.71. The molecule has 0 aromatic heterocycles.